The maximum absolute atomic E-state index is 12.5. The number of carbonyl (C=O) groups is 1. The number of nitrogens with one attached hydrogen (secondary N) is 1. The molecule has 4 aromatic rings. The van der Waals surface area contributed by atoms with Gasteiger partial charge in [0, 0.05) is 9.50 Å². The number of halogens is 2. The minimum atomic E-state index is -0.194. The predicted octanol–water partition coefficient (Wildman–Crippen LogP) is 6.13. The highest BCUT2D eigenvalue weighted by atomic mass is 79.9. The predicted molar refractivity (Wildman–Crippen MR) is 136 cm³/mol. The van der Waals surface area contributed by atoms with Gasteiger partial charge in [0.25, 0.3) is 5.91 Å². The maximum atomic E-state index is 12.5. The molecule has 0 aliphatic heterocycles. The summed E-state index contributed by atoms with van der Waals surface area (Å²) in [4.78, 5) is 17.2. The van der Waals surface area contributed by atoms with Gasteiger partial charge in [0.2, 0.25) is 0 Å². The van der Waals surface area contributed by atoms with Gasteiger partial charge in [0.1, 0.15) is 0 Å². The molecule has 0 radical (unpaired) electrons. The summed E-state index contributed by atoms with van der Waals surface area (Å²) in [6, 6.07) is 23.4. The molecular formula is C24H20BrClN4OS. The molecule has 0 unspecified atom stereocenters. The van der Waals surface area contributed by atoms with Gasteiger partial charge in [-0.15, -0.1) is 0 Å². The summed E-state index contributed by atoms with van der Waals surface area (Å²) >= 11 is 11.2. The number of rotatable bonds is 7. The molecule has 5 nitrogen and oxygen atoms in total. The molecule has 0 bridgehead atoms. The molecule has 1 N–H and O–H groups in total. The highest BCUT2D eigenvalue weighted by molar-refractivity contribution is 9.10. The first-order valence-electron chi connectivity index (χ1n) is 9.92. The van der Waals surface area contributed by atoms with Crippen molar-refractivity contribution in [2.75, 3.05) is 5.75 Å². The fourth-order valence-electron chi connectivity index (χ4n) is 3.20. The second-order valence-electron chi connectivity index (χ2n) is 7.09. The maximum Gasteiger partial charge on any atom is 0.250 e. The summed E-state index contributed by atoms with van der Waals surface area (Å²) in [5.41, 5.74) is 7.19. The summed E-state index contributed by atoms with van der Waals surface area (Å²) in [5.74, 6) is 0.00174. The Morgan fingerprint density at radius 1 is 1.12 bits per heavy atom. The Morgan fingerprint density at radius 2 is 1.91 bits per heavy atom. The number of amides is 1. The van der Waals surface area contributed by atoms with E-state index in [1.54, 1.807) is 0 Å². The van der Waals surface area contributed by atoms with Crippen molar-refractivity contribution in [3.05, 3.63) is 93.4 Å². The Hall–Kier alpha value is -2.61. The largest absolute Gasteiger partial charge is 0.314 e. The van der Waals surface area contributed by atoms with Crippen molar-refractivity contribution in [3.8, 4) is 0 Å². The van der Waals surface area contributed by atoms with E-state index in [-0.39, 0.29) is 11.7 Å². The zero-order valence-electron chi connectivity index (χ0n) is 17.3. The van der Waals surface area contributed by atoms with E-state index in [0.717, 1.165) is 37.5 Å². The molecule has 1 aromatic heterocycles. The molecule has 162 valence electrons. The van der Waals surface area contributed by atoms with E-state index < -0.39 is 0 Å². The Kier molecular flexibility index (Phi) is 7.29. The topological polar surface area (TPSA) is 59.3 Å². The molecule has 0 saturated heterocycles. The van der Waals surface area contributed by atoms with E-state index in [1.807, 2.05) is 79.7 Å². The number of hydrogen-bond donors (Lipinski definition) is 1. The first-order chi connectivity index (χ1) is 15.5. The van der Waals surface area contributed by atoms with Crippen LogP contribution >= 0.6 is 39.3 Å². The first-order valence-corrected chi connectivity index (χ1v) is 12.1. The van der Waals surface area contributed by atoms with Crippen LogP contribution in [0.25, 0.3) is 11.0 Å². The van der Waals surface area contributed by atoms with Crippen LogP contribution in [-0.2, 0) is 11.3 Å². The number of para-hydroxylation sites is 2. The van der Waals surface area contributed by atoms with E-state index >= 15 is 0 Å². The minimum absolute atomic E-state index is 0.194. The number of benzene rings is 3. The van der Waals surface area contributed by atoms with Crippen LogP contribution in [0.2, 0.25) is 5.02 Å². The number of carbonyl (C=O) groups excluding carboxylic acids is 1. The molecule has 0 aliphatic rings. The lowest BCUT2D eigenvalue weighted by Crippen LogP contribution is -2.21. The Balaban J connectivity index is 1.49. The quantitative estimate of drug-likeness (QED) is 0.179. The second-order valence-corrected chi connectivity index (χ2v) is 9.36. The van der Waals surface area contributed by atoms with E-state index in [2.05, 4.69) is 31.0 Å². The number of nitrogens with zero attached hydrogens (tertiary/aromatic N) is 3. The van der Waals surface area contributed by atoms with Crippen LogP contribution in [0, 0.1) is 0 Å². The summed E-state index contributed by atoms with van der Waals surface area (Å²) in [7, 11) is 0. The number of thioether (sulfide) groups is 1. The molecule has 1 amide bonds. The van der Waals surface area contributed by atoms with Crippen molar-refractivity contribution in [3.63, 3.8) is 0 Å². The van der Waals surface area contributed by atoms with E-state index in [1.165, 1.54) is 11.8 Å². The molecule has 0 saturated carbocycles. The van der Waals surface area contributed by atoms with Crippen molar-refractivity contribution >= 4 is 61.9 Å². The molecule has 0 spiro atoms. The molecule has 0 atom stereocenters. The molecule has 32 heavy (non-hydrogen) atoms. The monoisotopic (exact) mass is 526 g/mol. The lowest BCUT2D eigenvalue weighted by molar-refractivity contribution is -0.118. The van der Waals surface area contributed by atoms with Crippen LogP contribution in [0.1, 0.15) is 18.1 Å². The SMILES string of the molecule is C/C(=N/NC(=O)CSc1nc2ccccc2n1Cc1ccccc1Cl)c1cccc(Br)c1. The highest BCUT2D eigenvalue weighted by Gasteiger charge is 2.14. The van der Waals surface area contributed by atoms with Gasteiger partial charge in [-0.25, -0.2) is 10.4 Å². The van der Waals surface area contributed by atoms with Gasteiger partial charge in [0.15, 0.2) is 5.16 Å². The van der Waals surface area contributed by atoms with Crippen LogP contribution in [-0.4, -0.2) is 26.9 Å². The Bertz CT molecular complexity index is 1300. The minimum Gasteiger partial charge on any atom is -0.314 e. The van der Waals surface area contributed by atoms with Crippen LogP contribution in [0.3, 0.4) is 0 Å². The van der Waals surface area contributed by atoms with Crippen LogP contribution < -0.4 is 5.43 Å². The van der Waals surface area contributed by atoms with Gasteiger partial charge in [-0.2, -0.15) is 5.10 Å². The van der Waals surface area contributed by atoms with Crippen molar-refractivity contribution in [2.24, 2.45) is 5.10 Å². The number of aromatic nitrogens is 2. The normalized spacial score (nSPS) is 11.7. The van der Waals surface area contributed by atoms with Crippen LogP contribution in [0.15, 0.2) is 87.5 Å². The first kappa shape index (κ1) is 22.6. The zero-order valence-corrected chi connectivity index (χ0v) is 20.4. The van der Waals surface area contributed by atoms with Crippen molar-refractivity contribution < 1.29 is 4.79 Å². The van der Waals surface area contributed by atoms with Crippen LogP contribution in [0.4, 0.5) is 0 Å². The number of hydrogen-bond acceptors (Lipinski definition) is 4. The van der Waals surface area contributed by atoms with Gasteiger partial charge in [0.05, 0.1) is 29.0 Å². The average molecular weight is 528 g/mol. The third kappa shape index (κ3) is 5.41. The molecule has 3 aromatic carbocycles. The summed E-state index contributed by atoms with van der Waals surface area (Å²) in [6.45, 7) is 2.43. The molecule has 0 aliphatic carbocycles. The number of hydrazone groups is 1. The molecule has 1 heterocycles. The van der Waals surface area contributed by atoms with Crippen molar-refractivity contribution in [2.45, 2.75) is 18.6 Å². The average Bonchev–Trinajstić information content (AvgIpc) is 3.15. The van der Waals surface area contributed by atoms with E-state index in [0.29, 0.717) is 11.6 Å². The van der Waals surface area contributed by atoms with E-state index in [4.69, 9.17) is 16.6 Å². The Morgan fingerprint density at radius 3 is 2.72 bits per heavy atom. The molecule has 8 heteroatoms. The highest BCUT2D eigenvalue weighted by Crippen LogP contribution is 2.27. The van der Waals surface area contributed by atoms with Gasteiger partial charge in [-0.1, -0.05) is 81.8 Å². The third-order valence-electron chi connectivity index (χ3n) is 4.83. The van der Waals surface area contributed by atoms with Gasteiger partial charge in [-0.3, -0.25) is 4.79 Å². The third-order valence-corrected chi connectivity index (χ3v) is 6.67. The summed E-state index contributed by atoms with van der Waals surface area (Å²) in [5, 5.41) is 5.69. The number of fused-ring (bicyclic) bond motifs is 1. The number of imidazole rings is 1. The summed E-state index contributed by atoms with van der Waals surface area (Å²) in [6.07, 6.45) is 0. The fourth-order valence-corrected chi connectivity index (χ4v) is 4.60. The standard InChI is InChI=1S/C24H20BrClN4OS/c1-16(17-8-6-9-19(25)13-17)28-29-23(31)15-32-24-27-21-11-4-5-12-22(21)30(24)14-18-7-2-3-10-20(18)26/h2-13H,14-15H2,1H3,(H,29,31)/b28-16-. The van der Waals surface area contributed by atoms with Crippen molar-refractivity contribution in [1.82, 2.24) is 15.0 Å². The van der Waals surface area contributed by atoms with Crippen LogP contribution in [0.5, 0.6) is 0 Å². The van der Waals surface area contributed by atoms with Gasteiger partial charge in [-0.05, 0) is 48.4 Å². The fraction of sp³-hybridized carbons (Fsp3) is 0.125. The Labute approximate surface area is 204 Å². The van der Waals surface area contributed by atoms with E-state index in [9.17, 15) is 4.79 Å². The van der Waals surface area contributed by atoms with Gasteiger partial charge < -0.3 is 4.57 Å². The second kappa shape index (κ2) is 10.3. The smallest absolute Gasteiger partial charge is 0.250 e. The van der Waals surface area contributed by atoms with Gasteiger partial charge >= 0.3 is 0 Å². The molecule has 0 fully saturated rings. The summed E-state index contributed by atoms with van der Waals surface area (Å²) < 4.78 is 3.05. The molecule has 4 rings (SSSR count). The zero-order chi connectivity index (χ0) is 22.5. The van der Waals surface area contributed by atoms with Crippen molar-refractivity contribution in [1.29, 1.82) is 0 Å². The molecular weight excluding hydrogens is 508 g/mol. The lowest BCUT2D eigenvalue weighted by atomic mass is 10.1. The lowest BCUT2D eigenvalue weighted by Gasteiger charge is -2.10.